The Morgan fingerprint density at radius 2 is 2.06 bits per heavy atom. The molecule has 0 saturated heterocycles. The molecule has 0 unspecified atom stereocenters. The van der Waals surface area contributed by atoms with Crippen molar-refractivity contribution in [3.8, 4) is 0 Å². The Balaban J connectivity index is 2.01. The molecule has 0 aliphatic heterocycles. The average molecular weight is 222 g/mol. The number of aromatic nitrogens is 2. The highest BCUT2D eigenvalue weighted by Gasteiger charge is 2.02. The van der Waals surface area contributed by atoms with Crippen LogP contribution in [0.15, 0.2) is 54.9 Å². The molecule has 0 bridgehead atoms. The molecule has 0 saturated carbocycles. The second-order valence-electron chi connectivity index (χ2n) is 4.33. The first-order valence-electron chi connectivity index (χ1n) is 5.78. The van der Waals surface area contributed by atoms with Crippen LogP contribution in [0.5, 0.6) is 0 Å². The van der Waals surface area contributed by atoms with Crippen LogP contribution < -0.4 is 0 Å². The number of hydrogen-bond acceptors (Lipinski definition) is 1. The highest BCUT2D eigenvalue weighted by molar-refractivity contribution is 5.80. The zero-order valence-electron chi connectivity index (χ0n) is 9.80. The largest absolute Gasteiger partial charge is 0.341 e. The van der Waals surface area contributed by atoms with E-state index in [2.05, 4.69) is 53.0 Å². The predicted octanol–water partition coefficient (Wildman–Crippen LogP) is 3.39. The summed E-state index contributed by atoms with van der Waals surface area (Å²) in [5, 5.41) is 1.29. The lowest BCUT2D eigenvalue weighted by atomic mass is 10.2. The standard InChI is InChI=1S/C15H14N2/c1-12-5-6-15-13(10-12)7-9-17(15)11-14-4-2-3-8-16-14/h2-10H,11H2,1H3. The molecule has 1 aromatic carbocycles. The van der Waals surface area contributed by atoms with Crippen LogP contribution in [-0.2, 0) is 6.54 Å². The van der Waals surface area contributed by atoms with Crippen LogP contribution in [0, 0.1) is 6.92 Å². The molecule has 0 spiro atoms. The molecule has 0 fully saturated rings. The van der Waals surface area contributed by atoms with Crippen molar-refractivity contribution in [1.82, 2.24) is 9.55 Å². The molecule has 3 aromatic rings. The molecule has 3 rings (SSSR count). The number of rotatable bonds is 2. The molecule has 2 heterocycles. The highest BCUT2D eigenvalue weighted by atomic mass is 15.0. The summed E-state index contributed by atoms with van der Waals surface area (Å²) in [5.74, 6) is 0. The molecule has 0 amide bonds. The summed E-state index contributed by atoms with van der Waals surface area (Å²) in [7, 11) is 0. The molecule has 2 heteroatoms. The molecular formula is C15H14N2. The van der Waals surface area contributed by atoms with Gasteiger partial charge in [-0.3, -0.25) is 4.98 Å². The maximum Gasteiger partial charge on any atom is 0.0648 e. The van der Waals surface area contributed by atoms with Crippen LogP contribution in [0.1, 0.15) is 11.3 Å². The van der Waals surface area contributed by atoms with Gasteiger partial charge >= 0.3 is 0 Å². The van der Waals surface area contributed by atoms with Gasteiger partial charge in [0.15, 0.2) is 0 Å². The van der Waals surface area contributed by atoms with Gasteiger partial charge in [0.25, 0.3) is 0 Å². The summed E-state index contributed by atoms with van der Waals surface area (Å²) < 4.78 is 2.23. The Hall–Kier alpha value is -2.09. The predicted molar refractivity (Wildman–Crippen MR) is 70.0 cm³/mol. The second kappa shape index (κ2) is 4.06. The maximum atomic E-state index is 4.36. The second-order valence-corrected chi connectivity index (χ2v) is 4.33. The Labute approximate surface area is 101 Å². The summed E-state index contributed by atoms with van der Waals surface area (Å²) >= 11 is 0. The van der Waals surface area contributed by atoms with Crippen molar-refractivity contribution in [2.24, 2.45) is 0 Å². The van der Waals surface area contributed by atoms with E-state index in [1.54, 1.807) is 0 Å². The van der Waals surface area contributed by atoms with Crippen molar-refractivity contribution in [2.75, 3.05) is 0 Å². The third-order valence-electron chi connectivity index (χ3n) is 2.98. The fourth-order valence-electron chi connectivity index (χ4n) is 2.12. The van der Waals surface area contributed by atoms with Crippen LogP contribution >= 0.6 is 0 Å². The van der Waals surface area contributed by atoms with Gasteiger partial charge in [0.05, 0.1) is 12.2 Å². The molecule has 0 N–H and O–H groups in total. The molecule has 84 valence electrons. The number of fused-ring (bicyclic) bond motifs is 1. The zero-order valence-corrected chi connectivity index (χ0v) is 9.80. The number of nitrogens with zero attached hydrogens (tertiary/aromatic N) is 2. The first-order valence-corrected chi connectivity index (χ1v) is 5.78. The lowest BCUT2D eigenvalue weighted by Crippen LogP contribution is -1.99. The SMILES string of the molecule is Cc1ccc2c(ccn2Cc2ccccn2)c1. The number of pyridine rings is 1. The topological polar surface area (TPSA) is 17.8 Å². The van der Waals surface area contributed by atoms with Crippen LogP contribution in [-0.4, -0.2) is 9.55 Å². The Bertz CT molecular complexity index is 638. The lowest BCUT2D eigenvalue weighted by molar-refractivity contribution is 0.807. The van der Waals surface area contributed by atoms with Crippen molar-refractivity contribution in [1.29, 1.82) is 0 Å². The van der Waals surface area contributed by atoms with Gasteiger partial charge in [0.1, 0.15) is 0 Å². The van der Waals surface area contributed by atoms with Crippen molar-refractivity contribution in [3.63, 3.8) is 0 Å². The smallest absolute Gasteiger partial charge is 0.0648 e. The molecule has 0 aliphatic carbocycles. The number of aryl methyl sites for hydroxylation is 1. The van der Waals surface area contributed by atoms with E-state index in [-0.39, 0.29) is 0 Å². The van der Waals surface area contributed by atoms with Gasteiger partial charge < -0.3 is 4.57 Å². The fraction of sp³-hybridized carbons (Fsp3) is 0.133. The van der Waals surface area contributed by atoms with E-state index in [0.717, 1.165) is 12.2 Å². The van der Waals surface area contributed by atoms with E-state index in [1.807, 2.05) is 18.3 Å². The van der Waals surface area contributed by atoms with Gasteiger partial charge in [-0.05, 0) is 42.6 Å². The fourth-order valence-corrected chi connectivity index (χ4v) is 2.12. The maximum absolute atomic E-state index is 4.36. The van der Waals surface area contributed by atoms with Gasteiger partial charge in [0.2, 0.25) is 0 Å². The normalized spacial score (nSPS) is 10.9. The quantitative estimate of drug-likeness (QED) is 0.650. The van der Waals surface area contributed by atoms with E-state index < -0.39 is 0 Å². The number of hydrogen-bond donors (Lipinski definition) is 0. The Kier molecular flexibility index (Phi) is 2.41. The van der Waals surface area contributed by atoms with Crippen LogP contribution in [0.25, 0.3) is 10.9 Å². The van der Waals surface area contributed by atoms with Crippen LogP contribution in [0.2, 0.25) is 0 Å². The number of benzene rings is 1. The summed E-state index contributed by atoms with van der Waals surface area (Å²) in [6, 6.07) is 14.7. The highest BCUT2D eigenvalue weighted by Crippen LogP contribution is 2.18. The minimum atomic E-state index is 0.827. The first-order chi connectivity index (χ1) is 8.33. The molecule has 2 aromatic heterocycles. The minimum Gasteiger partial charge on any atom is -0.341 e. The Morgan fingerprint density at radius 1 is 1.12 bits per heavy atom. The lowest BCUT2D eigenvalue weighted by Gasteiger charge is -2.04. The molecular weight excluding hydrogens is 208 g/mol. The van der Waals surface area contributed by atoms with Gasteiger partial charge in [-0.15, -0.1) is 0 Å². The minimum absolute atomic E-state index is 0.827. The van der Waals surface area contributed by atoms with Crippen LogP contribution in [0.4, 0.5) is 0 Å². The monoisotopic (exact) mass is 222 g/mol. The van der Waals surface area contributed by atoms with E-state index in [9.17, 15) is 0 Å². The first kappa shape index (κ1) is 10.1. The van der Waals surface area contributed by atoms with Crippen molar-refractivity contribution >= 4 is 10.9 Å². The molecule has 0 radical (unpaired) electrons. The summed E-state index contributed by atoms with van der Waals surface area (Å²) in [4.78, 5) is 4.36. The van der Waals surface area contributed by atoms with E-state index >= 15 is 0 Å². The summed E-state index contributed by atoms with van der Waals surface area (Å²) in [6.45, 7) is 2.95. The van der Waals surface area contributed by atoms with Crippen molar-refractivity contribution in [2.45, 2.75) is 13.5 Å². The summed E-state index contributed by atoms with van der Waals surface area (Å²) in [6.07, 6.45) is 3.96. The van der Waals surface area contributed by atoms with E-state index in [0.29, 0.717) is 0 Å². The third-order valence-corrected chi connectivity index (χ3v) is 2.98. The summed E-state index contributed by atoms with van der Waals surface area (Å²) in [5.41, 5.74) is 3.65. The Morgan fingerprint density at radius 3 is 2.88 bits per heavy atom. The van der Waals surface area contributed by atoms with Gasteiger partial charge in [-0.25, -0.2) is 0 Å². The van der Waals surface area contributed by atoms with Gasteiger partial charge in [0, 0.05) is 17.9 Å². The van der Waals surface area contributed by atoms with Crippen LogP contribution in [0.3, 0.4) is 0 Å². The van der Waals surface area contributed by atoms with Gasteiger partial charge in [-0.2, -0.15) is 0 Å². The van der Waals surface area contributed by atoms with E-state index in [1.165, 1.54) is 16.5 Å². The average Bonchev–Trinajstić information content (AvgIpc) is 2.73. The van der Waals surface area contributed by atoms with Crippen molar-refractivity contribution < 1.29 is 0 Å². The molecule has 17 heavy (non-hydrogen) atoms. The van der Waals surface area contributed by atoms with Crippen molar-refractivity contribution in [3.05, 3.63) is 66.1 Å². The van der Waals surface area contributed by atoms with E-state index in [4.69, 9.17) is 0 Å². The molecule has 0 aliphatic rings. The van der Waals surface area contributed by atoms with Gasteiger partial charge in [-0.1, -0.05) is 17.7 Å². The molecule has 2 nitrogen and oxygen atoms in total. The zero-order chi connectivity index (χ0) is 11.7. The third kappa shape index (κ3) is 1.94. The molecule has 0 atom stereocenters.